The van der Waals surface area contributed by atoms with Gasteiger partial charge in [0.1, 0.15) is 0 Å². The third-order valence-electron chi connectivity index (χ3n) is 4.56. The Bertz CT molecular complexity index is 896. The van der Waals surface area contributed by atoms with E-state index in [1.54, 1.807) is 40.5 Å². The van der Waals surface area contributed by atoms with Crippen LogP contribution in [0.2, 0.25) is 0 Å². The Balaban J connectivity index is 1.62. The highest BCUT2D eigenvalue weighted by Crippen LogP contribution is 2.21. The van der Waals surface area contributed by atoms with E-state index in [4.69, 9.17) is 0 Å². The Morgan fingerprint density at radius 1 is 1.08 bits per heavy atom. The fourth-order valence-electron chi connectivity index (χ4n) is 3.02. The van der Waals surface area contributed by atoms with Crippen LogP contribution in [0.5, 0.6) is 0 Å². The summed E-state index contributed by atoms with van der Waals surface area (Å²) in [5.74, 6) is 0.0316. The lowest BCUT2D eigenvalue weighted by molar-refractivity contribution is -0.131. The zero-order valence-electron chi connectivity index (χ0n) is 15.2. The molecule has 1 aliphatic heterocycles. The van der Waals surface area contributed by atoms with E-state index in [2.05, 4.69) is 4.98 Å². The van der Waals surface area contributed by atoms with Crippen molar-refractivity contribution in [1.29, 1.82) is 0 Å². The van der Waals surface area contributed by atoms with Crippen molar-refractivity contribution in [3.05, 3.63) is 45.4 Å². The van der Waals surface area contributed by atoms with Crippen molar-refractivity contribution in [3.8, 4) is 0 Å². The van der Waals surface area contributed by atoms with Crippen molar-refractivity contribution in [2.45, 2.75) is 32.1 Å². The first-order valence-corrected chi connectivity index (χ1v) is 10.8. The van der Waals surface area contributed by atoms with Gasteiger partial charge in [-0.05, 0) is 32.9 Å². The standard InChI is InChI=1S/C18H23N3O3S2/c1-13-4-6-16(7-5-13)26(23,24)21-10-8-20(9-11-21)18(22)12-17-14(2)19-15(3)25-17/h4-7H,8-12H2,1-3H3. The van der Waals surface area contributed by atoms with Crippen LogP contribution in [0.3, 0.4) is 0 Å². The summed E-state index contributed by atoms with van der Waals surface area (Å²) in [6.07, 6.45) is 0.335. The second kappa shape index (κ2) is 7.46. The maximum atomic E-state index is 12.7. The molecule has 1 amide bonds. The number of benzene rings is 1. The SMILES string of the molecule is Cc1ccc(S(=O)(=O)N2CCN(C(=O)Cc3sc(C)nc3C)CC2)cc1. The molecule has 0 spiro atoms. The average molecular weight is 394 g/mol. The van der Waals surface area contributed by atoms with Gasteiger partial charge < -0.3 is 4.90 Å². The lowest BCUT2D eigenvalue weighted by Gasteiger charge is -2.34. The van der Waals surface area contributed by atoms with Crippen LogP contribution in [0.25, 0.3) is 0 Å². The Morgan fingerprint density at radius 3 is 2.23 bits per heavy atom. The van der Waals surface area contributed by atoms with Gasteiger partial charge in [0.25, 0.3) is 0 Å². The van der Waals surface area contributed by atoms with E-state index in [1.165, 1.54) is 4.31 Å². The molecule has 8 heteroatoms. The second-order valence-corrected chi connectivity index (χ2v) is 9.74. The van der Waals surface area contributed by atoms with Crippen LogP contribution in [0.1, 0.15) is 21.1 Å². The number of hydrogen-bond acceptors (Lipinski definition) is 5. The summed E-state index contributed by atoms with van der Waals surface area (Å²) >= 11 is 1.54. The Labute approximate surface area is 158 Å². The summed E-state index contributed by atoms with van der Waals surface area (Å²) in [6.45, 7) is 7.25. The number of rotatable bonds is 4. The van der Waals surface area contributed by atoms with Gasteiger partial charge in [0.15, 0.2) is 0 Å². The maximum absolute atomic E-state index is 12.7. The molecule has 1 aliphatic rings. The van der Waals surface area contributed by atoms with Crippen LogP contribution in [-0.4, -0.2) is 54.7 Å². The molecular weight excluding hydrogens is 370 g/mol. The van der Waals surface area contributed by atoms with Crippen molar-refractivity contribution in [2.75, 3.05) is 26.2 Å². The number of hydrogen-bond donors (Lipinski definition) is 0. The fraction of sp³-hybridized carbons (Fsp3) is 0.444. The quantitative estimate of drug-likeness (QED) is 0.798. The van der Waals surface area contributed by atoms with Gasteiger partial charge in [-0.2, -0.15) is 4.31 Å². The molecule has 0 unspecified atom stereocenters. The molecule has 0 N–H and O–H groups in total. The minimum absolute atomic E-state index is 0.0316. The molecule has 1 fully saturated rings. The lowest BCUT2D eigenvalue weighted by atomic mass is 10.2. The number of amides is 1. The van der Waals surface area contributed by atoms with E-state index < -0.39 is 10.0 Å². The van der Waals surface area contributed by atoms with Crippen LogP contribution < -0.4 is 0 Å². The van der Waals surface area contributed by atoms with Crippen LogP contribution in [-0.2, 0) is 21.2 Å². The largest absolute Gasteiger partial charge is 0.340 e. The summed E-state index contributed by atoms with van der Waals surface area (Å²) in [4.78, 5) is 19.9. The summed E-state index contributed by atoms with van der Waals surface area (Å²) in [7, 11) is -3.50. The van der Waals surface area contributed by atoms with Crippen molar-refractivity contribution in [3.63, 3.8) is 0 Å². The van der Waals surface area contributed by atoms with Gasteiger partial charge >= 0.3 is 0 Å². The van der Waals surface area contributed by atoms with Gasteiger partial charge in [0.05, 0.1) is 22.0 Å². The molecule has 3 rings (SSSR count). The summed E-state index contributed by atoms with van der Waals surface area (Å²) < 4.78 is 26.9. The molecule has 0 saturated carbocycles. The summed E-state index contributed by atoms with van der Waals surface area (Å²) in [5, 5.41) is 0.958. The third kappa shape index (κ3) is 3.97. The van der Waals surface area contributed by atoms with Crippen LogP contribution >= 0.6 is 11.3 Å². The molecule has 1 saturated heterocycles. The van der Waals surface area contributed by atoms with E-state index in [0.29, 0.717) is 37.5 Å². The summed E-state index contributed by atoms with van der Waals surface area (Å²) in [6, 6.07) is 6.87. The highest BCUT2D eigenvalue weighted by molar-refractivity contribution is 7.89. The van der Waals surface area contributed by atoms with Crippen LogP contribution in [0.15, 0.2) is 29.2 Å². The first-order valence-electron chi connectivity index (χ1n) is 8.55. The van der Waals surface area contributed by atoms with Gasteiger partial charge in [-0.25, -0.2) is 13.4 Å². The van der Waals surface area contributed by atoms with Gasteiger partial charge in [0.2, 0.25) is 15.9 Å². The number of carbonyl (C=O) groups is 1. The number of thiazole rings is 1. The topological polar surface area (TPSA) is 70.6 Å². The van der Waals surface area contributed by atoms with Gasteiger partial charge in [-0.3, -0.25) is 4.79 Å². The van der Waals surface area contributed by atoms with Gasteiger partial charge in [-0.15, -0.1) is 11.3 Å². The highest BCUT2D eigenvalue weighted by Gasteiger charge is 2.30. The molecule has 0 bridgehead atoms. The smallest absolute Gasteiger partial charge is 0.243 e. The number of aryl methyl sites for hydroxylation is 3. The first kappa shape index (κ1) is 19.0. The lowest BCUT2D eigenvalue weighted by Crippen LogP contribution is -2.50. The number of aromatic nitrogens is 1. The highest BCUT2D eigenvalue weighted by atomic mass is 32.2. The maximum Gasteiger partial charge on any atom is 0.243 e. The zero-order valence-corrected chi connectivity index (χ0v) is 16.9. The molecule has 0 atom stereocenters. The molecule has 0 aliphatic carbocycles. The molecular formula is C18H23N3O3S2. The van der Waals surface area contributed by atoms with E-state index in [-0.39, 0.29) is 5.91 Å². The minimum atomic E-state index is -3.50. The number of piperazine rings is 1. The minimum Gasteiger partial charge on any atom is -0.340 e. The van der Waals surface area contributed by atoms with Crippen LogP contribution in [0, 0.1) is 20.8 Å². The van der Waals surface area contributed by atoms with E-state index in [1.807, 2.05) is 20.8 Å². The number of sulfonamides is 1. The predicted octanol–water partition coefficient (Wildman–Crippen LogP) is 2.14. The average Bonchev–Trinajstić information content (AvgIpc) is 2.92. The number of nitrogens with zero attached hydrogens (tertiary/aromatic N) is 3. The molecule has 6 nitrogen and oxygen atoms in total. The number of carbonyl (C=O) groups excluding carboxylic acids is 1. The molecule has 1 aromatic heterocycles. The van der Waals surface area contributed by atoms with Crippen molar-refractivity contribution in [1.82, 2.24) is 14.2 Å². The second-order valence-electron chi connectivity index (χ2n) is 6.52. The Hall–Kier alpha value is -1.77. The van der Waals surface area contributed by atoms with Gasteiger partial charge in [0, 0.05) is 31.1 Å². The van der Waals surface area contributed by atoms with Gasteiger partial charge in [-0.1, -0.05) is 17.7 Å². The van der Waals surface area contributed by atoms with E-state index >= 15 is 0 Å². The van der Waals surface area contributed by atoms with Crippen LogP contribution in [0.4, 0.5) is 0 Å². The molecule has 0 radical (unpaired) electrons. The van der Waals surface area contributed by atoms with E-state index in [0.717, 1.165) is 21.1 Å². The molecule has 140 valence electrons. The Morgan fingerprint density at radius 2 is 1.69 bits per heavy atom. The zero-order chi connectivity index (χ0) is 18.9. The van der Waals surface area contributed by atoms with Crippen molar-refractivity contribution >= 4 is 27.3 Å². The van der Waals surface area contributed by atoms with Crippen molar-refractivity contribution < 1.29 is 13.2 Å². The van der Waals surface area contributed by atoms with E-state index in [9.17, 15) is 13.2 Å². The molecule has 26 heavy (non-hydrogen) atoms. The van der Waals surface area contributed by atoms with Crippen molar-refractivity contribution in [2.24, 2.45) is 0 Å². The monoisotopic (exact) mass is 393 g/mol. The predicted molar refractivity (Wildman–Crippen MR) is 102 cm³/mol. The molecule has 1 aromatic carbocycles. The molecule has 2 heterocycles. The molecule has 2 aromatic rings. The summed E-state index contributed by atoms with van der Waals surface area (Å²) in [5.41, 5.74) is 1.93. The third-order valence-corrected chi connectivity index (χ3v) is 7.55. The normalized spacial score (nSPS) is 16.0. The first-order chi connectivity index (χ1) is 12.3. The Kier molecular flexibility index (Phi) is 5.45. The fourth-order valence-corrected chi connectivity index (χ4v) is 5.37.